The van der Waals surface area contributed by atoms with Crippen LogP contribution in [0.2, 0.25) is 0 Å². The van der Waals surface area contributed by atoms with Gasteiger partial charge in [0.05, 0.1) is 11.1 Å². The van der Waals surface area contributed by atoms with E-state index in [1.807, 2.05) is 0 Å². The summed E-state index contributed by atoms with van der Waals surface area (Å²) in [5.74, 6) is -3.93. The largest absolute Gasteiger partial charge is 0.476 e. The molecule has 1 aromatic heterocycles. The van der Waals surface area contributed by atoms with Crippen molar-refractivity contribution in [2.45, 2.75) is 10.7 Å². The Labute approximate surface area is 70.0 Å². The summed E-state index contributed by atoms with van der Waals surface area (Å²) >= 11 is 0.152. The number of aromatic carboxylic acids is 1. The van der Waals surface area contributed by atoms with Crippen LogP contribution in [0, 0.1) is 0 Å². The summed E-state index contributed by atoms with van der Waals surface area (Å²) in [6.07, 6.45) is 1.06. The molecule has 1 heterocycles. The fourth-order valence-corrected chi connectivity index (χ4v) is 1.17. The van der Waals surface area contributed by atoms with Crippen molar-refractivity contribution in [3.05, 3.63) is 11.9 Å². The maximum atomic E-state index is 11.8. The molecule has 4 nitrogen and oxygen atoms in total. The minimum absolute atomic E-state index is 0.0579. The molecule has 0 radical (unpaired) electrons. The Bertz CT molecular complexity index is 289. The third-order valence-corrected chi connectivity index (χ3v) is 1.78. The van der Waals surface area contributed by atoms with Crippen molar-refractivity contribution in [2.24, 2.45) is 0 Å². The highest BCUT2D eigenvalue weighted by atomic mass is 32.2. The normalized spacial score (nSPS) is 10.6. The standard InChI is InChI=1S/C5H4F2N2O2S/c6-5(7)12-2-1-8-9-3(2)4(10)11/h1,5H,(H,8,9)(H,10,11). The lowest BCUT2D eigenvalue weighted by Crippen LogP contribution is -1.98. The number of hydrogen-bond acceptors (Lipinski definition) is 3. The van der Waals surface area contributed by atoms with Gasteiger partial charge < -0.3 is 5.11 Å². The predicted molar refractivity (Wildman–Crippen MR) is 37.4 cm³/mol. The first kappa shape index (κ1) is 8.98. The molecule has 1 rings (SSSR count). The molecule has 0 aromatic carbocycles. The quantitative estimate of drug-likeness (QED) is 0.714. The van der Waals surface area contributed by atoms with Gasteiger partial charge in [-0.25, -0.2) is 4.79 Å². The second kappa shape index (κ2) is 3.53. The van der Waals surface area contributed by atoms with E-state index in [1.54, 1.807) is 0 Å². The number of carboxylic acid groups (broad SMARTS) is 1. The summed E-state index contributed by atoms with van der Waals surface area (Å²) in [6, 6.07) is 0. The van der Waals surface area contributed by atoms with Gasteiger partial charge in [-0.3, -0.25) is 5.10 Å². The molecule has 0 saturated carbocycles. The van der Waals surface area contributed by atoms with Gasteiger partial charge in [0.25, 0.3) is 5.76 Å². The van der Waals surface area contributed by atoms with Crippen LogP contribution in [0.15, 0.2) is 11.1 Å². The van der Waals surface area contributed by atoms with E-state index < -0.39 is 11.7 Å². The first-order valence-corrected chi connectivity index (χ1v) is 3.70. The number of aromatic amines is 1. The molecule has 66 valence electrons. The number of nitrogens with zero attached hydrogens (tertiary/aromatic N) is 1. The fourth-order valence-electron chi connectivity index (χ4n) is 0.614. The molecule has 12 heavy (non-hydrogen) atoms. The lowest BCUT2D eigenvalue weighted by atomic mass is 10.4. The Morgan fingerprint density at radius 1 is 1.75 bits per heavy atom. The summed E-state index contributed by atoms with van der Waals surface area (Å²) in [4.78, 5) is 10.3. The second-order valence-electron chi connectivity index (χ2n) is 1.79. The fraction of sp³-hybridized carbons (Fsp3) is 0.200. The lowest BCUT2D eigenvalue weighted by molar-refractivity contribution is 0.0686. The van der Waals surface area contributed by atoms with Crippen LogP contribution in [-0.2, 0) is 0 Å². The molecule has 0 spiro atoms. The predicted octanol–water partition coefficient (Wildman–Crippen LogP) is 1.42. The third kappa shape index (κ3) is 1.94. The summed E-state index contributed by atoms with van der Waals surface area (Å²) in [7, 11) is 0. The van der Waals surface area contributed by atoms with Crippen molar-refractivity contribution in [3.8, 4) is 0 Å². The number of halogens is 2. The van der Waals surface area contributed by atoms with Crippen LogP contribution in [0.25, 0.3) is 0 Å². The number of alkyl halides is 2. The van der Waals surface area contributed by atoms with Crippen molar-refractivity contribution < 1.29 is 18.7 Å². The average Bonchev–Trinajstić information content (AvgIpc) is 2.33. The zero-order chi connectivity index (χ0) is 9.14. The summed E-state index contributed by atoms with van der Waals surface area (Å²) in [5.41, 5.74) is -0.305. The molecular weight excluding hydrogens is 190 g/mol. The van der Waals surface area contributed by atoms with E-state index in [1.165, 1.54) is 0 Å². The Morgan fingerprint density at radius 3 is 2.92 bits per heavy atom. The molecule has 0 saturated heterocycles. The van der Waals surface area contributed by atoms with Gasteiger partial charge in [0, 0.05) is 0 Å². The summed E-state index contributed by atoms with van der Waals surface area (Å²) in [6.45, 7) is 0. The highest BCUT2D eigenvalue weighted by Crippen LogP contribution is 2.26. The minimum Gasteiger partial charge on any atom is -0.476 e. The van der Waals surface area contributed by atoms with E-state index in [4.69, 9.17) is 5.11 Å². The molecule has 1 aromatic rings. The van der Waals surface area contributed by atoms with Gasteiger partial charge in [0.1, 0.15) is 0 Å². The highest BCUT2D eigenvalue weighted by Gasteiger charge is 2.16. The number of carboxylic acids is 1. The maximum Gasteiger partial charge on any atom is 0.355 e. The SMILES string of the molecule is O=C(O)c1[nH]ncc1SC(F)F. The van der Waals surface area contributed by atoms with Crippen LogP contribution in [0.5, 0.6) is 0 Å². The molecule has 0 bridgehead atoms. The van der Waals surface area contributed by atoms with E-state index in [0.717, 1.165) is 6.20 Å². The van der Waals surface area contributed by atoms with Crippen molar-refractivity contribution in [1.29, 1.82) is 0 Å². The first-order chi connectivity index (χ1) is 5.61. The Morgan fingerprint density at radius 2 is 2.42 bits per heavy atom. The first-order valence-electron chi connectivity index (χ1n) is 2.82. The van der Waals surface area contributed by atoms with E-state index in [0.29, 0.717) is 0 Å². The molecule has 0 amide bonds. The van der Waals surface area contributed by atoms with Gasteiger partial charge in [0.2, 0.25) is 0 Å². The van der Waals surface area contributed by atoms with E-state index in [2.05, 4.69) is 10.2 Å². The Kier molecular flexibility index (Phi) is 2.64. The van der Waals surface area contributed by atoms with Crippen molar-refractivity contribution in [1.82, 2.24) is 10.2 Å². The number of aromatic nitrogens is 2. The molecule has 0 aliphatic rings. The highest BCUT2D eigenvalue weighted by molar-refractivity contribution is 7.99. The lowest BCUT2D eigenvalue weighted by Gasteiger charge is -1.95. The molecule has 0 fully saturated rings. The van der Waals surface area contributed by atoms with Crippen molar-refractivity contribution in [2.75, 3.05) is 0 Å². The Balaban J connectivity index is 2.84. The van der Waals surface area contributed by atoms with Gasteiger partial charge in [-0.1, -0.05) is 11.8 Å². The van der Waals surface area contributed by atoms with Crippen LogP contribution in [0.4, 0.5) is 8.78 Å². The smallest absolute Gasteiger partial charge is 0.355 e. The number of thioether (sulfide) groups is 1. The number of rotatable bonds is 3. The van der Waals surface area contributed by atoms with Gasteiger partial charge in [-0.05, 0) is 0 Å². The summed E-state index contributed by atoms with van der Waals surface area (Å²) in [5, 5.41) is 13.9. The molecule has 0 atom stereocenters. The van der Waals surface area contributed by atoms with Crippen LogP contribution >= 0.6 is 11.8 Å². The van der Waals surface area contributed by atoms with Gasteiger partial charge in [-0.2, -0.15) is 13.9 Å². The van der Waals surface area contributed by atoms with Crippen molar-refractivity contribution in [3.63, 3.8) is 0 Å². The van der Waals surface area contributed by atoms with E-state index in [9.17, 15) is 13.6 Å². The van der Waals surface area contributed by atoms with Crippen molar-refractivity contribution >= 4 is 17.7 Å². The number of carbonyl (C=O) groups is 1. The number of H-pyrrole nitrogens is 1. The van der Waals surface area contributed by atoms with Crippen LogP contribution in [0.3, 0.4) is 0 Å². The molecule has 7 heteroatoms. The summed E-state index contributed by atoms with van der Waals surface area (Å²) < 4.78 is 23.5. The van der Waals surface area contributed by atoms with E-state index >= 15 is 0 Å². The maximum absolute atomic E-state index is 11.8. The number of hydrogen-bond donors (Lipinski definition) is 2. The molecular formula is C5H4F2N2O2S. The van der Waals surface area contributed by atoms with Crippen LogP contribution < -0.4 is 0 Å². The average molecular weight is 194 g/mol. The zero-order valence-corrected chi connectivity index (χ0v) is 6.44. The topological polar surface area (TPSA) is 66.0 Å². The molecule has 2 N–H and O–H groups in total. The van der Waals surface area contributed by atoms with Crippen LogP contribution in [-0.4, -0.2) is 27.0 Å². The monoisotopic (exact) mass is 194 g/mol. The Hall–Kier alpha value is -1.11. The van der Waals surface area contributed by atoms with Gasteiger partial charge >= 0.3 is 5.97 Å². The van der Waals surface area contributed by atoms with Gasteiger partial charge in [0.15, 0.2) is 5.69 Å². The molecule has 0 aliphatic heterocycles. The second-order valence-corrected chi connectivity index (χ2v) is 2.82. The van der Waals surface area contributed by atoms with Crippen LogP contribution in [0.1, 0.15) is 10.5 Å². The molecule has 0 aliphatic carbocycles. The molecule has 0 unspecified atom stereocenters. The number of nitrogens with one attached hydrogen (secondary N) is 1. The zero-order valence-electron chi connectivity index (χ0n) is 5.62. The van der Waals surface area contributed by atoms with E-state index in [-0.39, 0.29) is 22.4 Å². The minimum atomic E-state index is -2.64. The third-order valence-electron chi connectivity index (χ3n) is 1.03. The van der Waals surface area contributed by atoms with Gasteiger partial charge in [-0.15, -0.1) is 0 Å².